The summed E-state index contributed by atoms with van der Waals surface area (Å²) in [5, 5.41) is 6.70. The summed E-state index contributed by atoms with van der Waals surface area (Å²) in [6.45, 7) is 4.19. The minimum atomic E-state index is -0.294. The molecule has 1 aromatic carbocycles. The molecular formula is C17H24BrClN2O. The standard InChI is InChI=1S/C17H23BrN2O.ClH/c1-12-7-10-19-11-15(12)20-16(21)17(8-2-9-17)13-3-5-14(18)6-4-13;/h3-6,12,15,19H,2,7-11H2,1H3,(H,20,21);1H. The van der Waals surface area contributed by atoms with Crippen LogP contribution in [0.2, 0.25) is 0 Å². The number of halogens is 2. The summed E-state index contributed by atoms with van der Waals surface area (Å²) >= 11 is 3.47. The average molecular weight is 388 g/mol. The number of hydrogen-bond acceptors (Lipinski definition) is 2. The fourth-order valence-corrected chi connectivity index (χ4v) is 3.70. The molecule has 0 radical (unpaired) electrons. The molecule has 1 amide bonds. The molecule has 2 atom stereocenters. The number of carbonyl (C=O) groups excluding carboxylic acids is 1. The van der Waals surface area contributed by atoms with E-state index in [1.807, 2.05) is 12.1 Å². The number of rotatable bonds is 3. The van der Waals surface area contributed by atoms with Gasteiger partial charge in [0.05, 0.1) is 5.41 Å². The minimum absolute atomic E-state index is 0. The van der Waals surface area contributed by atoms with E-state index in [-0.39, 0.29) is 29.8 Å². The second-order valence-corrected chi connectivity index (χ2v) is 7.41. The second-order valence-electron chi connectivity index (χ2n) is 6.49. The summed E-state index contributed by atoms with van der Waals surface area (Å²) in [5.74, 6) is 0.772. The van der Waals surface area contributed by atoms with Crippen LogP contribution in [0.5, 0.6) is 0 Å². The summed E-state index contributed by atoms with van der Waals surface area (Å²) in [5.41, 5.74) is 0.864. The zero-order chi connectivity index (χ0) is 14.9. The summed E-state index contributed by atoms with van der Waals surface area (Å²) in [4.78, 5) is 12.9. The van der Waals surface area contributed by atoms with Gasteiger partial charge in [-0.05, 0) is 49.4 Å². The fourth-order valence-electron chi connectivity index (χ4n) is 3.44. The Bertz CT molecular complexity index is 516. The van der Waals surface area contributed by atoms with Crippen LogP contribution in [0, 0.1) is 5.92 Å². The molecule has 122 valence electrons. The summed E-state index contributed by atoms with van der Waals surface area (Å²) in [6, 6.07) is 8.51. The Morgan fingerprint density at radius 1 is 1.32 bits per heavy atom. The lowest BCUT2D eigenvalue weighted by atomic mass is 9.63. The number of piperidine rings is 1. The van der Waals surface area contributed by atoms with Crippen molar-refractivity contribution in [2.24, 2.45) is 5.92 Å². The van der Waals surface area contributed by atoms with Gasteiger partial charge in [-0.3, -0.25) is 4.79 Å². The van der Waals surface area contributed by atoms with Gasteiger partial charge in [0.2, 0.25) is 5.91 Å². The van der Waals surface area contributed by atoms with Gasteiger partial charge in [0.25, 0.3) is 0 Å². The first-order chi connectivity index (χ1) is 10.1. The third-order valence-electron chi connectivity index (χ3n) is 5.18. The number of nitrogens with one attached hydrogen (secondary N) is 2. The van der Waals surface area contributed by atoms with Gasteiger partial charge in [0.1, 0.15) is 0 Å². The molecule has 1 aliphatic heterocycles. The highest BCUT2D eigenvalue weighted by Crippen LogP contribution is 2.44. The highest BCUT2D eigenvalue weighted by Gasteiger charge is 2.46. The van der Waals surface area contributed by atoms with Gasteiger partial charge in [-0.25, -0.2) is 0 Å². The highest BCUT2D eigenvalue weighted by molar-refractivity contribution is 9.10. The van der Waals surface area contributed by atoms with Crippen molar-refractivity contribution in [2.75, 3.05) is 13.1 Å². The molecule has 0 aromatic heterocycles. The second kappa shape index (κ2) is 7.33. The lowest BCUT2D eigenvalue weighted by Gasteiger charge is -2.43. The Hall–Kier alpha value is -0.580. The first-order valence-electron chi connectivity index (χ1n) is 7.89. The van der Waals surface area contributed by atoms with E-state index in [4.69, 9.17) is 0 Å². The van der Waals surface area contributed by atoms with Gasteiger partial charge < -0.3 is 10.6 Å². The summed E-state index contributed by atoms with van der Waals surface area (Å²) in [7, 11) is 0. The van der Waals surface area contributed by atoms with Crippen LogP contribution in [0.25, 0.3) is 0 Å². The predicted molar refractivity (Wildman–Crippen MR) is 95.5 cm³/mol. The van der Waals surface area contributed by atoms with Crippen LogP contribution in [-0.2, 0) is 10.2 Å². The van der Waals surface area contributed by atoms with Crippen molar-refractivity contribution in [3.05, 3.63) is 34.3 Å². The van der Waals surface area contributed by atoms with Crippen molar-refractivity contribution in [3.63, 3.8) is 0 Å². The molecule has 3 rings (SSSR count). The molecule has 1 saturated carbocycles. The van der Waals surface area contributed by atoms with E-state index in [0.29, 0.717) is 5.92 Å². The smallest absolute Gasteiger partial charge is 0.230 e. The minimum Gasteiger partial charge on any atom is -0.351 e. The van der Waals surface area contributed by atoms with Crippen molar-refractivity contribution in [1.82, 2.24) is 10.6 Å². The molecule has 0 bridgehead atoms. The molecule has 2 N–H and O–H groups in total. The van der Waals surface area contributed by atoms with Crippen LogP contribution in [0.3, 0.4) is 0 Å². The van der Waals surface area contributed by atoms with Gasteiger partial charge in [0.15, 0.2) is 0 Å². The molecule has 1 saturated heterocycles. The van der Waals surface area contributed by atoms with Crippen LogP contribution >= 0.6 is 28.3 Å². The summed E-state index contributed by atoms with van der Waals surface area (Å²) < 4.78 is 1.06. The largest absolute Gasteiger partial charge is 0.351 e. The predicted octanol–water partition coefficient (Wildman–Crippen LogP) is 3.41. The first kappa shape index (κ1) is 17.8. The zero-order valence-corrected chi connectivity index (χ0v) is 15.3. The molecule has 5 heteroatoms. The molecule has 2 fully saturated rings. The molecule has 3 nitrogen and oxygen atoms in total. The van der Waals surface area contributed by atoms with Gasteiger partial charge >= 0.3 is 0 Å². The maximum absolute atomic E-state index is 12.9. The van der Waals surface area contributed by atoms with Crippen molar-refractivity contribution in [3.8, 4) is 0 Å². The molecule has 1 aliphatic carbocycles. The fraction of sp³-hybridized carbons (Fsp3) is 0.588. The van der Waals surface area contributed by atoms with Crippen LogP contribution in [0.4, 0.5) is 0 Å². The normalized spacial score (nSPS) is 26.5. The topological polar surface area (TPSA) is 41.1 Å². The average Bonchev–Trinajstić information content (AvgIpc) is 2.42. The number of benzene rings is 1. The quantitative estimate of drug-likeness (QED) is 0.834. The van der Waals surface area contributed by atoms with E-state index in [2.05, 4.69) is 45.6 Å². The SMILES string of the molecule is CC1CCNCC1NC(=O)C1(c2ccc(Br)cc2)CCC1.Cl. The Balaban J connectivity index is 0.00000176. The van der Waals surface area contributed by atoms with Crippen LogP contribution in [0.1, 0.15) is 38.2 Å². The third kappa shape index (κ3) is 3.34. The van der Waals surface area contributed by atoms with Crippen LogP contribution < -0.4 is 10.6 Å². The maximum Gasteiger partial charge on any atom is 0.230 e. The highest BCUT2D eigenvalue weighted by atomic mass is 79.9. The van der Waals surface area contributed by atoms with E-state index in [9.17, 15) is 4.79 Å². The zero-order valence-electron chi connectivity index (χ0n) is 12.9. The van der Waals surface area contributed by atoms with Gasteiger partial charge in [-0.2, -0.15) is 0 Å². The maximum atomic E-state index is 12.9. The van der Waals surface area contributed by atoms with Crippen molar-refractivity contribution < 1.29 is 4.79 Å². The molecule has 0 spiro atoms. The molecule has 1 aromatic rings. The molecule has 2 unspecified atom stereocenters. The molecule has 1 heterocycles. The van der Waals surface area contributed by atoms with Gasteiger partial charge in [0, 0.05) is 17.1 Å². The summed E-state index contributed by atoms with van der Waals surface area (Å²) in [6.07, 6.45) is 4.21. The van der Waals surface area contributed by atoms with Crippen molar-refractivity contribution in [1.29, 1.82) is 0 Å². The van der Waals surface area contributed by atoms with E-state index in [1.54, 1.807) is 0 Å². The number of hydrogen-bond donors (Lipinski definition) is 2. The molecule has 2 aliphatic rings. The third-order valence-corrected chi connectivity index (χ3v) is 5.71. The van der Waals surface area contributed by atoms with Crippen LogP contribution in [0.15, 0.2) is 28.7 Å². The van der Waals surface area contributed by atoms with E-state index in [0.717, 1.165) is 48.8 Å². The monoisotopic (exact) mass is 386 g/mol. The molecule has 22 heavy (non-hydrogen) atoms. The lowest BCUT2D eigenvalue weighted by molar-refractivity contribution is -0.131. The molecular weight excluding hydrogens is 364 g/mol. The first-order valence-corrected chi connectivity index (χ1v) is 8.69. The van der Waals surface area contributed by atoms with E-state index < -0.39 is 0 Å². The van der Waals surface area contributed by atoms with Crippen molar-refractivity contribution in [2.45, 2.75) is 44.1 Å². The van der Waals surface area contributed by atoms with Crippen LogP contribution in [-0.4, -0.2) is 25.0 Å². The van der Waals surface area contributed by atoms with Gasteiger partial charge in [-0.1, -0.05) is 41.4 Å². The van der Waals surface area contributed by atoms with Crippen molar-refractivity contribution >= 4 is 34.2 Å². The number of carbonyl (C=O) groups is 1. The Labute approximate surface area is 147 Å². The number of amides is 1. The van der Waals surface area contributed by atoms with E-state index >= 15 is 0 Å². The Morgan fingerprint density at radius 2 is 2.00 bits per heavy atom. The van der Waals surface area contributed by atoms with Gasteiger partial charge in [-0.15, -0.1) is 12.4 Å². The van der Waals surface area contributed by atoms with E-state index in [1.165, 1.54) is 0 Å². The Kier molecular flexibility index (Phi) is 5.92. The Morgan fingerprint density at radius 3 is 2.55 bits per heavy atom. The lowest BCUT2D eigenvalue weighted by Crippen LogP contribution is -2.57.